The topological polar surface area (TPSA) is 77.5 Å². The van der Waals surface area contributed by atoms with Crippen LogP contribution in [0.4, 0.5) is 5.88 Å². The maximum absolute atomic E-state index is 12.2. The number of anilines is 1. The van der Waals surface area contributed by atoms with Crippen molar-refractivity contribution in [1.82, 2.24) is 4.98 Å². The highest BCUT2D eigenvalue weighted by Gasteiger charge is 2.20. The van der Waals surface area contributed by atoms with Gasteiger partial charge in [0.25, 0.3) is 5.91 Å². The number of benzene rings is 1. The van der Waals surface area contributed by atoms with Crippen molar-refractivity contribution in [1.29, 1.82) is 0 Å². The summed E-state index contributed by atoms with van der Waals surface area (Å²) in [5.74, 6) is 1.45. The normalized spacial score (nSPS) is 10.8. The lowest BCUT2D eigenvalue weighted by atomic mass is 10.1. The molecule has 0 aliphatic carbocycles. The zero-order valence-corrected chi connectivity index (χ0v) is 13.7. The number of furan rings is 1. The van der Waals surface area contributed by atoms with Gasteiger partial charge in [0.2, 0.25) is 11.8 Å². The summed E-state index contributed by atoms with van der Waals surface area (Å²) in [4.78, 5) is 16.7. The third kappa shape index (κ3) is 3.17. The van der Waals surface area contributed by atoms with Crippen molar-refractivity contribution in [3.63, 3.8) is 0 Å². The number of nitrogens with zero attached hydrogens (tertiary/aromatic N) is 1. The van der Waals surface area contributed by atoms with E-state index in [1.807, 2.05) is 38.1 Å². The summed E-state index contributed by atoms with van der Waals surface area (Å²) in [6.07, 6.45) is 1.45. The van der Waals surface area contributed by atoms with Gasteiger partial charge in [-0.15, -0.1) is 0 Å². The largest absolute Gasteiger partial charge is 0.497 e. The summed E-state index contributed by atoms with van der Waals surface area (Å²) in [6.45, 7) is 3.97. The Morgan fingerprint density at radius 2 is 1.96 bits per heavy atom. The number of oxazole rings is 1. The van der Waals surface area contributed by atoms with Gasteiger partial charge in [0.1, 0.15) is 11.4 Å². The van der Waals surface area contributed by atoms with Crippen LogP contribution in [0.2, 0.25) is 0 Å². The summed E-state index contributed by atoms with van der Waals surface area (Å²) in [7, 11) is 1.61. The van der Waals surface area contributed by atoms with Crippen LogP contribution in [0.3, 0.4) is 0 Å². The second kappa shape index (κ2) is 6.62. The minimum atomic E-state index is -0.376. The molecule has 1 aromatic carbocycles. The second-order valence-electron chi connectivity index (χ2n) is 5.55. The van der Waals surface area contributed by atoms with E-state index in [4.69, 9.17) is 13.6 Å². The maximum Gasteiger partial charge on any atom is 0.293 e. The molecule has 3 aromatic rings. The second-order valence-corrected chi connectivity index (χ2v) is 5.55. The van der Waals surface area contributed by atoms with Gasteiger partial charge in [-0.2, -0.15) is 0 Å². The van der Waals surface area contributed by atoms with Crippen LogP contribution in [0.1, 0.15) is 36.0 Å². The van der Waals surface area contributed by atoms with Gasteiger partial charge in [-0.1, -0.05) is 13.8 Å². The van der Waals surface area contributed by atoms with E-state index >= 15 is 0 Å². The average molecular weight is 326 g/mol. The zero-order valence-electron chi connectivity index (χ0n) is 13.7. The molecule has 1 N–H and O–H groups in total. The molecule has 2 aromatic heterocycles. The fourth-order valence-electron chi connectivity index (χ4n) is 2.24. The highest BCUT2D eigenvalue weighted by Crippen LogP contribution is 2.31. The van der Waals surface area contributed by atoms with Gasteiger partial charge in [-0.25, -0.2) is 4.98 Å². The minimum absolute atomic E-state index is 0.0904. The predicted octanol–water partition coefficient (Wildman–Crippen LogP) is 4.32. The quantitative estimate of drug-likeness (QED) is 0.755. The van der Waals surface area contributed by atoms with Crippen molar-refractivity contribution in [3.05, 3.63) is 54.1 Å². The average Bonchev–Trinajstić information content (AvgIpc) is 3.24. The number of carbonyl (C=O) groups is 1. The van der Waals surface area contributed by atoms with E-state index in [9.17, 15) is 4.79 Å². The first-order valence-electron chi connectivity index (χ1n) is 7.58. The molecular weight excluding hydrogens is 308 g/mol. The number of rotatable bonds is 5. The molecule has 0 aliphatic rings. The van der Waals surface area contributed by atoms with Crippen LogP contribution in [-0.2, 0) is 0 Å². The van der Waals surface area contributed by atoms with E-state index in [1.165, 1.54) is 6.26 Å². The number of carbonyl (C=O) groups excluding carboxylic acids is 1. The number of methoxy groups -OCH3 is 1. The Balaban J connectivity index is 1.91. The molecule has 0 fully saturated rings. The molecule has 0 aliphatic heterocycles. The Hall–Kier alpha value is -3.02. The summed E-state index contributed by atoms with van der Waals surface area (Å²) in [5, 5.41) is 2.72. The molecule has 6 heteroatoms. The molecule has 6 nitrogen and oxygen atoms in total. The van der Waals surface area contributed by atoms with Gasteiger partial charge in [0, 0.05) is 11.5 Å². The molecule has 0 spiro atoms. The van der Waals surface area contributed by atoms with Crippen LogP contribution < -0.4 is 10.1 Å². The molecule has 0 unspecified atom stereocenters. The summed E-state index contributed by atoms with van der Waals surface area (Å²) < 4.78 is 16.0. The number of hydrogen-bond acceptors (Lipinski definition) is 5. The third-order valence-electron chi connectivity index (χ3n) is 3.51. The Morgan fingerprint density at radius 1 is 1.21 bits per heavy atom. The summed E-state index contributed by atoms with van der Waals surface area (Å²) >= 11 is 0. The van der Waals surface area contributed by atoms with Gasteiger partial charge >= 0.3 is 0 Å². The third-order valence-corrected chi connectivity index (χ3v) is 3.51. The number of nitrogens with one attached hydrogen (secondary N) is 1. The van der Waals surface area contributed by atoms with Gasteiger partial charge in [-0.3, -0.25) is 10.1 Å². The highest BCUT2D eigenvalue weighted by molar-refractivity contribution is 6.01. The first-order chi connectivity index (χ1) is 11.6. The highest BCUT2D eigenvalue weighted by atomic mass is 16.5. The van der Waals surface area contributed by atoms with E-state index < -0.39 is 0 Å². The molecule has 0 radical (unpaired) electrons. The van der Waals surface area contributed by atoms with E-state index in [2.05, 4.69) is 10.3 Å². The molecule has 0 saturated heterocycles. The first-order valence-corrected chi connectivity index (χ1v) is 7.58. The molecule has 124 valence electrons. The van der Waals surface area contributed by atoms with Gasteiger partial charge in [0.05, 0.1) is 13.4 Å². The van der Waals surface area contributed by atoms with Gasteiger partial charge in [-0.05, 0) is 36.4 Å². The summed E-state index contributed by atoms with van der Waals surface area (Å²) in [5.41, 5.74) is 1.48. The standard InChI is InChI=1S/C18H18N2O4/c1-11(2)15-18(20-16(21)14-5-4-10-23-14)24-17(19-15)12-6-8-13(22-3)9-7-12/h4-11H,1-3H3,(H,20,21). The Morgan fingerprint density at radius 3 is 2.54 bits per heavy atom. The number of ether oxygens (including phenoxy) is 1. The van der Waals surface area contributed by atoms with Crippen LogP contribution in [0.5, 0.6) is 5.75 Å². The lowest BCUT2D eigenvalue weighted by Gasteiger charge is -2.04. The molecule has 1 amide bonds. The first kappa shape index (κ1) is 15.9. The lowest BCUT2D eigenvalue weighted by molar-refractivity contribution is 0.0994. The number of hydrogen-bond donors (Lipinski definition) is 1. The van der Waals surface area contributed by atoms with Crippen molar-refractivity contribution < 1.29 is 18.4 Å². The maximum atomic E-state index is 12.2. The number of amides is 1. The Bertz CT molecular complexity index is 817. The predicted molar refractivity (Wildman–Crippen MR) is 89.2 cm³/mol. The molecule has 0 bridgehead atoms. The van der Waals surface area contributed by atoms with Crippen LogP contribution in [0, 0.1) is 0 Å². The van der Waals surface area contributed by atoms with Crippen LogP contribution >= 0.6 is 0 Å². The van der Waals surface area contributed by atoms with E-state index in [-0.39, 0.29) is 17.6 Å². The lowest BCUT2D eigenvalue weighted by Crippen LogP contribution is -2.12. The van der Waals surface area contributed by atoms with Crippen LogP contribution in [-0.4, -0.2) is 18.0 Å². The monoisotopic (exact) mass is 326 g/mol. The molecule has 3 rings (SSSR count). The fraction of sp³-hybridized carbons (Fsp3) is 0.222. The van der Waals surface area contributed by atoms with E-state index in [1.54, 1.807) is 19.2 Å². The van der Waals surface area contributed by atoms with E-state index in [0.717, 1.165) is 11.3 Å². The zero-order chi connectivity index (χ0) is 17.1. The smallest absolute Gasteiger partial charge is 0.293 e. The van der Waals surface area contributed by atoms with Crippen LogP contribution in [0.25, 0.3) is 11.5 Å². The van der Waals surface area contributed by atoms with Gasteiger partial charge in [0.15, 0.2) is 5.76 Å². The Labute approximate surface area is 139 Å². The number of aromatic nitrogens is 1. The molecule has 0 atom stereocenters. The minimum Gasteiger partial charge on any atom is -0.497 e. The van der Waals surface area contributed by atoms with Crippen molar-refractivity contribution in [2.24, 2.45) is 0 Å². The molecule has 2 heterocycles. The Kier molecular flexibility index (Phi) is 4.37. The van der Waals surface area contributed by atoms with Crippen molar-refractivity contribution in [2.75, 3.05) is 12.4 Å². The molecule has 24 heavy (non-hydrogen) atoms. The SMILES string of the molecule is COc1ccc(-c2nc(C(C)C)c(NC(=O)c3ccco3)o2)cc1. The van der Waals surface area contributed by atoms with Gasteiger partial charge < -0.3 is 13.6 Å². The van der Waals surface area contributed by atoms with Crippen molar-refractivity contribution in [3.8, 4) is 17.2 Å². The molecule has 0 saturated carbocycles. The van der Waals surface area contributed by atoms with Crippen LogP contribution in [0.15, 0.2) is 51.5 Å². The van der Waals surface area contributed by atoms with Crippen molar-refractivity contribution in [2.45, 2.75) is 19.8 Å². The summed E-state index contributed by atoms with van der Waals surface area (Å²) in [6, 6.07) is 10.6. The van der Waals surface area contributed by atoms with E-state index in [0.29, 0.717) is 17.5 Å². The van der Waals surface area contributed by atoms with Crippen molar-refractivity contribution >= 4 is 11.8 Å². The molecular formula is C18H18N2O4. The fourth-order valence-corrected chi connectivity index (χ4v) is 2.24.